The zero-order valence-electron chi connectivity index (χ0n) is 18.9. The second kappa shape index (κ2) is 8.79. The minimum absolute atomic E-state index is 0.128. The number of nitrogens with zero attached hydrogens (tertiary/aromatic N) is 3. The number of fused-ring (bicyclic) bond motifs is 1. The number of pyridine rings is 1. The minimum atomic E-state index is 0.128. The Morgan fingerprint density at radius 1 is 1.03 bits per heavy atom. The quantitative estimate of drug-likeness (QED) is 0.520. The zero-order valence-corrected chi connectivity index (χ0v) is 18.9. The first-order chi connectivity index (χ1) is 14.8. The topological polar surface area (TPSA) is 83.0 Å². The van der Waals surface area contributed by atoms with Gasteiger partial charge in [-0.25, -0.2) is 9.97 Å². The van der Waals surface area contributed by atoms with Gasteiger partial charge in [-0.2, -0.15) is 4.98 Å². The maximum absolute atomic E-state index is 9.54. The molecule has 0 aliphatic heterocycles. The Morgan fingerprint density at radius 2 is 1.84 bits per heavy atom. The highest BCUT2D eigenvalue weighted by molar-refractivity contribution is 5.84. The zero-order chi connectivity index (χ0) is 22.0. The maximum atomic E-state index is 9.54. The van der Waals surface area contributed by atoms with Crippen LogP contribution in [0.2, 0.25) is 0 Å². The molecule has 0 radical (unpaired) electrons. The standard InChI is InChI=1S/C25H33N5O/c1-16-22(21-12-10-18-7-5-6-8-20(18)29-21)23(28-19-11-9-17(13-19)14-31)30-24(27-16)26-15-25(2,3)4/h5-8,10,12,17,19,31H,9,11,13-15H2,1-4H3,(H2,26,27,28,30)/t17-,19+/m1/s1. The molecule has 0 unspecified atom stereocenters. The first kappa shape index (κ1) is 21.5. The molecule has 1 fully saturated rings. The van der Waals surface area contributed by atoms with Gasteiger partial charge in [-0.15, -0.1) is 0 Å². The van der Waals surface area contributed by atoms with Crippen molar-refractivity contribution >= 4 is 22.7 Å². The van der Waals surface area contributed by atoms with Crippen molar-refractivity contribution in [3.63, 3.8) is 0 Å². The van der Waals surface area contributed by atoms with E-state index in [0.29, 0.717) is 17.9 Å². The lowest BCUT2D eigenvalue weighted by Crippen LogP contribution is -2.22. The molecule has 2 heterocycles. The molecule has 1 saturated carbocycles. The molecule has 0 spiro atoms. The van der Waals surface area contributed by atoms with Crippen LogP contribution in [-0.4, -0.2) is 39.3 Å². The summed E-state index contributed by atoms with van der Waals surface area (Å²) >= 11 is 0. The van der Waals surface area contributed by atoms with Crippen LogP contribution in [0.4, 0.5) is 11.8 Å². The smallest absolute Gasteiger partial charge is 0.224 e. The molecule has 6 heteroatoms. The van der Waals surface area contributed by atoms with E-state index in [1.165, 1.54) is 0 Å². The molecule has 1 aliphatic carbocycles. The van der Waals surface area contributed by atoms with E-state index < -0.39 is 0 Å². The largest absolute Gasteiger partial charge is 0.396 e. The first-order valence-electron chi connectivity index (χ1n) is 11.2. The number of anilines is 2. The van der Waals surface area contributed by atoms with E-state index in [-0.39, 0.29) is 12.0 Å². The number of benzene rings is 1. The molecule has 1 aliphatic rings. The molecule has 2 atom stereocenters. The molecular formula is C25H33N5O. The van der Waals surface area contributed by atoms with Crippen LogP contribution in [0.1, 0.15) is 45.7 Å². The fourth-order valence-corrected chi connectivity index (χ4v) is 4.18. The van der Waals surface area contributed by atoms with Crippen molar-refractivity contribution in [1.82, 2.24) is 15.0 Å². The molecule has 4 rings (SSSR count). The minimum Gasteiger partial charge on any atom is -0.396 e. The molecule has 6 nitrogen and oxygen atoms in total. The molecule has 0 bridgehead atoms. The highest BCUT2D eigenvalue weighted by Gasteiger charge is 2.26. The van der Waals surface area contributed by atoms with E-state index in [1.54, 1.807) is 0 Å². The number of nitrogens with one attached hydrogen (secondary N) is 2. The van der Waals surface area contributed by atoms with E-state index in [0.717, 1.165) is 59.5 Å². The van der Waals surface area contributed by atoms with Gasteiger partial charge in [-0.1, -0.05) is 45.0 Å². The van der Waals surface area contributed by atoms with Crippen LogP contribution in [0.3, 0.4) is 0 Å². The summed E-state index contributed by atoms with van der Waals surface area (Å²) in [6.45, 7) is 9.62. The highest BCUT2D eigenvalue weighted by Crippen LogP contribution is 2.34. The van der Waals surface area contributed by atoms with Gasteiger partial charge in [0.1, 0.15) is 5.82 Å². The van der Waals surface area contributed by atoms with Crippen molar-refractivity contribution in [2.45, 2.75) is 53.0 Å². The van der Waals surface area contributed by atoms with Crippen LogP contribution in [0.5, 0.6) is 0 Å². The molecular weight excluding hydrogens is 386 g/mol. The van der Waals surface area contributed by atoms with Crippen molar-refractivity contribution in [3.05, 3.63) is 42.1 Å². The van der Waals surface area contributed by atoms with Gasteiger partial charge in [0.05, 0.1) is 22.5 Å². The van der Waals surface area contributed by atoms with Gasteiger partial charge in [0.2, 0.25) is 5.95 Å². The summed E-state index contributed by atoms with van der Waals surface area (Å²) in [5.74, 6) is 1.81. The molecule has 3 N–H and O–H groups in total. The van der Waals surface area contributed by atoms with Gasteiger partial charge in [0.15, 0.2) is 0 Å². The Bertz CT molecular complexity index is 1060. The van der Waals surface area contributed by atoms with E-state index in [9.17, 15) is 5.11 Å². The lowest BCUT2D eigenvalue weighted by molar-refractivity contribution is 0.229. The fourth-order valence-electron chi connectivity index (χ4n) is 4.18. The molecule has 1 aromatic carbocycles. The molecule has 31 heavy (non-hydrogen) atoms. The summed E-state index contributed by atoms with van der Waals surface area (Å²) in [6.07, 6.45) is 3.02. The number of para-hydroxylation sites is 1. The fraction of sp³-hybridized carbons (Fsp3) is 0.480. The van der Waals surface area contributed by atoms with E-state index in [4.69, 9.17) is 15.0 Å². The van der Waals surface area contributed by atoms with Crippen LogP contribution >= 0.6 is 0 Å². The van der Waals surface area contributed by atoms with Crippen LogP contribution in [0, 0.1) is 18.3 Å². The third-order valence-corrected chi connectivity index (χ3v) is 5.86. The lowest BCUT2D eigenvalue weighted by Gasteiger charge is -2.22. The number of aryl methyl sites for hydroxylation is 1. The van der Waals surface area contributed by atoms with Crippen molar-refractivity contribution in [2.24, 2.45) is 11.3 Å². The number of rotatable bonds is 6. The summed E-state index contributed by atoms with van der Waals surface area (Å²) in [5, 5.41) is 17.7. The van der Waals surface area contributed by atoms with E-state index >= 15 is 0 Å². The number of aliphatic hydroxyl groups excluding tert-OH is 1. The maximum Gasteiger partial charge on any atom is 0.224 e. The number of aliphatic hydroxyl groups is 1. The van der Waals surface area contributed by atoms with Crippen LogP contribution in [0.15, 0.2) is 36.4 Å². The van der Waals surface area contributed by atoms with Crippen molar-refractivity contribution in [1.29, 1.82) is 0 Å². The van der Waals surface area contributed by atoms with Gasteiger partial charge in [0.25, 0.3) is 0 Å². The van der Waals surface area contributed by atoms with Crippen molar-refractivity contribution in [3.8, 4) is 11.3 Å². The second-order valence-electron chi connectivity index (χ2n) is 9.86. The second-order valence-corrected chi connectivity index (χ2v) is 9.86. The van der Waals surface area contributed by atoms with Gasteiger partial charge < -0.3 is 15.7 Å². The monoisotopic (exact) mass is 419 g/mol. The summed E-state index contributed by atoms with van der Waals surface area (Å²) in [6, 6.07) is 12.6. The predicted octanol–water partition coefficient (Wildman–Crippen LogP) is 5.03. The van der Waals surface area contributed by atoms with Gasteiger partial charge in [0, 0.05) is 24.6 Å². The van der Waals surface area contributed by atoms with Crippen molar-refractivity contribution < 1.29 is 5.11 Å². The summed E-state index contributed by atoms with van der Waals surface area (Å²) in [5.41, 5.74) is 3.80. The Hall–Kier alpha value is -2.73. The molecule has 2 aromatic heterocycles. The summed E-state index contributed by atoms with van der Waals surface area (Å²) in [7, 11) is 0. The number of aromatic nitrogens is 3. The van der Waals surface area contributed by atoms with Gasteiger partial charge in [-0.05, 0) is 49.7 Å². The number of hydrogen-bond donors (Lipinski definition) is 3. The van der Waals surface area contributed by atoms with Crippen molar-refractivity contribution in [2.75, 3.05) is 23.8 Å². The lowest BCUT2D eigenvalue weighted by atomic mass is 9.97. The van der Waals surface area contributed by atoms with Crippen LogP contribution in [-0.2, 0) is 0 Å². The third-order valence-electron chi connectivity index (χ3n) is 5.86. The van der Waals surface area contributed by atoms with E-state index in [1.807, 2.05) is 31.2 Å². The van der Waals surface area contributed by atoms with Crippen LogP contribution < -0.4 is 10.6 Å². The Morgan fingerprint density at radius 3 is 2.58 bits per heavy atom. The van der Waals surface area contributed by atoms with Crippen LogP contribution in [0.25, 0.3) is 22.2 Å². The Labute approximate surface area is 184 Å². The Balaban J connectivity index is 1.72. The highest BCUT2D eigenvalue weighted by atomic mass is 16.3. The normalized spacial score (nSPS) is 19.0. The van der Waals surface area contributed by atoms with Gasteiger partial charge in [-0.3, -0.25) is 0 Å². The molecule has 0 saturated heterocycles. The number of hydrogen-bond acceptors (Lipinski definition) is 6. The average molecular weight is 420 g/mol. The predicted molar refractivity (Wildman–Crippen MR) is 127 cm³/mol. The Kier molecular flexibility index (Phi) is 6.10. The third kappa shape index (κ3) is 5.13. The molecule has 164 valence electrons. The van der Waals surface area contributed by atoms with E-state index in [2.05, 4.69) is 43.5 Å². The SMILES string of the molecule is Cc1nc(NCC(C)(C)C)nc(N[C@H]2CC[C@@H](CO)C2)c1-c1ccc2ccccc2n1. The first-order valence-corrected chi connectivity index (χ1v) is 11.2. The summed E-state index contributed by atoms with van der Waals surface area (Å²) in [4.78, 5) is 14.5. The average Bonchev–Trinajstić information content (AvgIpc) is 3.19. The summed E-state index contributed by atoms with van der Waals surface area (Å²) < 4.78 is 0. The van der Waals surface area contributed by atoms with Gasteiger partial charge >= 0.3 is 0 Å². The molecule has 3 aromatic rings. The molecule has 0 amide bonds.